The van der Waals surface area contributed by atoms with Gasteiger partial charge in [-0.25, -0.2) is 15.0 Å². The Bertz CT molecular complexity index is 2700. The van der Waals surface area contributed by atoms with E-state index in [0.717, 1.165) is 27.8 Å². The molecule has 0 N–H and O–H groups in total. The third-order valence-electron chi connectivity index (χ3n) is 9.90. The smallest absolute Gasteiger partial charge is 0.164 e. The molecule has 0 spiro atoms. The number of hydrogen-bond donors (Lipinski definition) is 0. The first-order valence-electron chi connectivity index (χ1n) is 18.0. The molecule has 8 aromatic carbocycles. The van der Waals surface area contributed by atoms with Crippen molar-refractivity contribution >= 4 is 32.7 Å². The Labute approximate surface area is 309 Å². The van der Waals surface area contributed by atoms with E-state index in [4.69, 9.17) is 15.0 Å². The van der Waals surface area contributed by atoms with Gasteiger partial charge in [0.25, 0.3) is 0 Å². The molecule has 1 aromatic heterocycles. The normalized spacial score (nSPS) is 11.8. The van der Waals surface area contributed by atoms with Crippen molar-refractivity contribution in [2.24, 2.45) is 0 Å². The Balaban J connectivity index is 1.29. The lowest BCUT2D eigenvalue weighted by molar-refractivity contribution is 1.07. The average Bonchev–Trinajstić information content (AvgIpc) is 3.24. The maximum atomic E-state index is 5.01. The van der Waals surface area contributed by atoms with Gasteiger partial charge < -0.3 is 0 Å². The molecule has 1 heterocycles. The zero-order valence-corrected chi connectivity index (χ0v) is 29.3. The van der Waals surface area contributed by atoms with Crippen LogP contribution in [0.3, 0.4) is 0 Å². The van der Waals surface area contributed by atoms with Gasteiger partial charge in [-0.3, -0.25) is 0 Å². The van der Waals surface area contributed by atoms with Gasteiger partial charge in [0, 0.05) is 16.7 Å². The van der Waals surface area contributed by atoms with Crippen LogP contribution in [0.15, 0.2) is 194 Å². The third-order valence-corrected chi connectivity index (χ3v) is 9.90. The summed E-state index contributed by atoms with van der Waals surface area (Å²) >= 11 is 0. The number of aryl methyl sites for hydroxylation is 1. The van der Waals surface area contributed by atoms with E-state index in [9.17, 15) is 0 Å². The quantitative estimate of drug-likeness (QED) is 0.124. The highest BCUT2D eigenvalue weighted by atomic mass is 15.0. The van der Waals surface area contributed by atoms with E-state index in [-0.39, 0.29) is 0 Å². The Morgan fingerprint density at radius 2 is 0.774 bits per heavy atom. The van der Waals surface area contributed by atoms with Gasteiger partial charge in [0.05, 0.1) is 0 Å². The molecule has 3 nitrogen and oxygen atoms in total. The van der Waals surface area contributed by atoms with Crippen LogP contribution in [0.25, 0.3) is 66.9 Å². The van der Waals surface area contributed by atoms with E-state index in [1.807, 2.05) is 60.7 Å². The Morgan fingerprint density at radius 1 is 0.340 bits per heavy atom. The molecule has 0 saturated carbocycles. The molecule has 0 aliphatic heterocycles. The fourth-order valence-electron chi connectivity index (χ4n) is 7.31. The first kappa shape index (κ1) is 32.0. The van der Waals surface area contributed by atoms with Crippen LogP contribution in [0.4, 0.5) is 0 Å². The monoisotopic (exact) mass is 677 g/mol. The van der Waals surface area contributed by atoms with Crippen molar-refractivity contribution in [2.75, 3.05) is 0 Å². The number of hydrogen-bond acceptors (Lipinski definition) is 3. The fourth-order valence-corrected chi connectivity index (χ4v) is 7.31. The van der Waals surface area contributed by atoms with Crippen LogP contribution in [-0.2, 0) is 0 Å². The fraction of sp³-hybridized carbons (Fsp3) is 0.0200. The number of nitrogens with zero attached hydrogens (tertiary/aromatic N) is 3. The Hall–Kier alpha value is -6.97. The summed E-state index contributed by atoms with van der Waals surface area (Å²) in [5, 5.41) is 4.93. The number of rotatable bonds is 7. The lowest BCUT2D eigenvalue weighted by Gasteiger charge is -2.21. The summed E-state index contributed by atoms with van der Waals surface area (Å²) in [6.07, 6.45) is 0. The Morgan fingerprint density at radius 3 is 1.38 bits per heavy atom. The van der Waals surface area contributed by atoms with Crippen LogP contribution in [-0.4, -0.2) is 15.0 Å². The molecule has 9 aromatic rings. The molecule has 0 unspecified atom stereocenters. The zero-order chi connectivity index (χ0) is 35.6. The van der Waals surface area contributed by atoms with Crippen molar-refractivity contribution in [1.82, 2.24) is 15.0 Å². The number of benzene rings is 8. The minimum atomic E-state index is 0.634. The van der Waals surface area contributed by atoms with E-state index in [2.05, 4.69) is 140 Å². The molecule has 3 heteroatoms. The SMILES string of the molecule is Cc1ccccc1/C(=C(\c1ccccc1)c1cc2ccccc2c2ccccc12)c1ccc(-c2nc(-c3ccccc3)nc(-c3ccccc3)n2)cc1. The second kappa shape index (κ2) is 14.0. The maximum absolute atomic E-state index is 5.01. The molecule has 0 aliphatic rings. The lowest BCUT2D eigenvalue weighted by Crippen LogP contribution is -2.01. The molecule has 0 bridgehead atoms. The molecule has 0 fully saturated rings. The molecule has 9 rings (SSSR count). The minimum absolute atomic E-state index is 0.634. The summed E-state index contributed by atoms with van der Waals surface area (Å²) in [7, 11) is 0. The molecule has 0 aliphatic carbocycles. The van der Waals surface area contributed by atoms with Gasteiger partial charge in [-0.2, -0.15) is 0 Å². The zero-order valence-electron chi connectivity index (χ0n) is 29.3. The molecule has 0 radical (unpaired) electrons. The van der Waals surface area contributed by atoms with Crippen LogP contribution >= 0.6 is 0 Å². The van der Waals surface area contributed by atoms with Gasteiger partial charge >= 0.3 is 0 Å². The van der Waals surface area contributed by atoms with Gasteiger partial charge in [-0.05, 0) is 73.5 Å². The molecule has 0 amide bonds. The van der Waals surface area contributed by atoms with Gasteiger partial charge in [0.15, 0.2) is 17.5 Å². The van der Waals surface area contributed by atoms with Crippen LogP contribution in [0.5, 0.6) is 0 Å². The lowest BCUT2D eigenvalue weighted by atomic mass is 9.82. The van der Waals surface area contributed by atoms with Crippen molar-refractivity contribution in [2.45, 2.75) is 6.92 Å². The second-order valence-electron chi connectivity index (χ2n) is 13.2. The van der Waals surface area contributed by atoms with Crippen molar-refractivity contribution in [3.63, 3.8) is 0 Å². The number of aromatic nitrogens is 3. The first-order valence-corrected chi connectivity index (χ1v) is 18.0. The first-order chi connectivity index (χ1) is 26.2. The van der Waals surface area contributed by atoms with Gasteiger partial charge in [-0.15, -0.1) is 0 Å². The minimum Gasteiger partial charge on any atom is -0.208 e. The topological polar surface area (TPSA) is 38.7 Å². The predicted molar refractivity (Wildman–Crippen MR) is 220 cm³/mol. The third kappa shape index (κ3) is 6.19. The highest BCUT2D eigenvalue weighted by Gasteiger charge is 2.21. The van der Waals surface area contributed by atoms with Crippen LogP contribution in [0.1, 0.15) is 27.8 Å². The van der Waals surface area contributed by atoms with Crippen molar-refractivity contribution in [3.8, 4) is 34.2 Å². The molecular formula is C50H35N3. The summed E-state index contributed by atoms with van der Waals surface area (Å²) in [6.45, 7) is 2.20. The van der Waals surface area contributed by atoms with Crippen molar-refractivity contribution < 1.29 is 0 Å². The summed E-state index contributed by atoms with van der Waals surface area (Å²) in [5.74, 6) is 1.93. The number of fused-ring (bicyclic) bond motifs is 3. The highest BCUT2D eigenvalue weighted by Crippen LogP contribution is 2.42. The average molecular weight is 678 g/mol. The molecule has 0 atom stereocenters. The van der Waals surface area contributed by atoms with E-state index in [0.29, 0.717) is 17.5 Å². The van der Waals surface area contributed by atoms with Gasteiger partial charge in [0.2, 0.25) is 0 Å². The Kier molecular flexibility index (Phi) is 8.43. The summed E-state index contributed by atoms with van der Waals surface area (Å²) in [6, 6.07) is 68.3. The van der Waals surface area contributed by atoms with Crippen LogP contribution in [0, 0.1) is 6.92 Å². The van der Waals surface area contributed by atoms with E-state index < -0.39 is 0 Å². The molecule has 0 saturated heterocycles. The van der Waals surface area contributed by atoms with E-state index >= 15 is 0 Å². The van der Waals surface area contributed by atoms with Crippen molar-refractivity contribution in [1.29, 1.82) is 0 Å². The van der Waals surface area contributed by atoms with Crippen LogP contribution < -0.4 is 0 Å². The molecule has 53 heavy (non-hydrogen) atoms. The molecular weight excluding hydrogens is 643 g/mol. The largest absolute Gasteiger partial charge is 0.208 e. The summed E-state index contributed by atoms with van der Waals surface area (Å²) in [5.41, 5.74) is 11.1. The molecule has 250 valence electrons. The maximum Gasteiger partial charge on any atom is 0.164 e. The van der Waals surface area contributed by atoms with Crippen molar-refractivity contribution in [3.05, 3.63) is 222 Å². The predicted octanol–water partition coefficient (Wildman–Crippen LogP) is 12.5. The highest BCUT2D eigenvalue weighted by molar-refractivity contribution is 6.17. The van der Waals surface area contributed by atoms with Gasteiger partial charge in [-0.1, -0.05) is 188 Å². The van der Waals surface area contributed by atoms with Gasteiger partial charge in [0.1, 0.15) is 0 Å². The summed E-state index contributed by atoms with van der Waals surface area (Å²) in [4.78, 5) is 14.9. The van der Waals surface area contributed by atoms with E-state index in [1.54, 1.807) is 0 Å². The van der Waals surface area contributed by atoms with Crippen LogP contribution in [0.2, 0.25) is 0 Å². The summed E-state index contributed by atoms with van der Waals surface area (Å²) < 4.78 is 0. The standard InChI is InChI=1S/C50H35N3/c1-34-17-11-13-25-41(34)46(47(35-18-5-2-6-19-35)45-33-40-24-12-14-26-42(40)43-27-15-16-28-44(43)45)36-29-31-39(32-30-36)50-52-48(37-20-7-3-8-21-37)51-49(53-50)38-22-9-4-10-23-38/h2-33H,1H3/b47-46+. The van der Waals surface area contributed by atoms with E-state index in [1.165, 1.54) is 49.4 Å². The second-order valence-corrected chi connectivity index (χ2v) is 13.2.